The summed E-state index contributed by atoms with van der Waals surface area (Å²) >= 11 is 5.96. The van der Waals surface area contributed by atoms with Crippen LogP contribution in [0.5, 0.6) is 11.5 Å². The van der Waals surface area contributed by atoms with Crippen LogP contribution in [-0.4, -0.2) is 38.7 Å². The number of nitrogens with zero attached hydrogens (tertiary/aromatic N) is 1. The number of halogens is 1. The number of methoxy groups -OCH3 is 1. The zero-order valence-electron chi connectivity index (χ0n) is 15.7. The molecule has 0 atom stereocenters. The van der Waals surface area contributed by atoms with Crippen LogP contribution in [0.1, 0.15) is 5.56 Å². The first kappa shape index (κ1) is 22.0. The molecule has 0 saturated carbocycles. The summed E-state index contributed by atoms with van der Waals surface area (Å²) in [7, 11) is 1.52. The molecule has 1 N–H and O–H groups in total. The summed E-state index contributed by atoms with van der Waals surface area (Å²) < 4.78 is 15.4. The van der Waals surface area contributed by atoms with E-state index < -0.39 is 11.9 Å². The fourth-order valence-electron chi connectivity index (χ4n) is 2.17. The van der Waals surface area contributed by atoms with E-state index >= 15 is 0 Å². The highest BCUT2D eigenvalue weighted by atomic mass is 35.5. The number of ether oxygens (including phenoxy) is 3. The van der Waals surface area contributed by atoms with Gasteiger partial charge >= 0.3 is 5.97 Å². The normalized spacial score (nSPS) is 10.7. The number of hydrogen-bond donors (Lipinski definition) is 1. The monoisotopic (exact) mass is 414 g/mol. The highest BCUT2D eigenvalue weighted by Gasteiger charge is 2.10. The quantitative estimate of drug-likeness (QED) is 0.223. The fourth-order valence-corrected chi connectivity index (χ4v) is 2.36. The molecule has 0 spiro atoms. The molecule has 0 aromatic heterocycles. The molecule has 0 aliphatic rings. The predicted molar refractivity (Wildman–Crippen MR) is 107 cm³/mol. The molecule has 0 radical (unpaired) electrons. The first-order chi connectivity index (χ1) is 14.0. The summed E-state index contributed by atoms with van der Waals surface area (Å²) in [5.41, 5.74) is 0.564. The molecule has 8 heteroatoms. The molecule has 0 aliphatic heterocycles. The summed E-state index contributed by atoms with van der Waals surface area (Å²) in [4.78, 5) is 23.8. The van der Waals surface area contributed by atoms with E-state index in [1.807, 2.05) is 6.07 Å². The van der Waals surface area contributed by atoms with Crippen LogP contribution in [0.25, 0.3) is 6.08 Å². The van der Waals surface area contributed by atoms with Crippen molar-refractivity contribution in [2.75, 3.05) is 26.9 Å². The topological polar surface area (TPSA) is 97.6 Å². The molecule has 7 nitrogen and oxygen atoms in total. The van der Waals surface area contributed by atoms with Crippen LogP contribution in [0, 0.1) is 11.3 Å². The molecule has 1 amide bonds. The molecule has 0 heterocycles. The second-order valence-electron chi connectivity index (χ2n) is 5.68. The number of benzene rings is 2. The first-order valence-electron chi connectivity index (χ1n) is 8.60. The minimum absolute atomic E-state index is 0.0426. The number of nitrogens with one attached hydrogen (secondary N) is 1. The lowest BCUT2D eigenvalue weighted by Crippen LogP contribution is -2.27. The molecule has 29 heavy (non-hydrogen) atoms. The van der Waals surface area contributed by atoms with Gasteiger partial charge in [-0.1, -0.05) is 35.9 Å². The minimum atomic E-state index is -0.594. The van der Waals surface area contributed by atoms with E-state index in [0.717, 1.165) is 0 Å². The Hall–Kier alpha value is -3.34. The van der Waals surface area contributed by atoms with E-state index in [2.05, 4.69) is 5.32 Å². The first-order valence-corrected chi connectivity index (χ1v) is 8.98. The summed E-state index contributed by atoms with van der Waals surface area (Å²) in [6, 6.07) is 15.0. The molecule has 0 fully saturated rings. The van der Waals surface area contributed by atoms with Gasteiger partial charge in [-0.05, 0) is 35.9 Å². The van der Waals surface area contributed by atoms with E-state index in [0.29, 0.717) is 35.2 Å². The van der Waals surface area contributed by atoms with Crippen molar-refractivity contribution < 1.29 is 23.8 Å². The molecular weight excluding hydrogens is 396 g/mol. The van der Waals surface area contributed by atoms with Crippen molar-refractivity contribution in [1.29, 1.82) is 5.26 Å². The van der Waals surface area contributed by atoms with Gasteiger partial charge in [0.1, 0.15) is 23.1 Å². The average Bonchev–Trinajstić information content (AvgIpc) is 2.72. The van der Waals surface area contributed by atoms with Gasteiger partial charge in [0.05, 0.1) is 11.6 Å². The number of carbonyl (C=O) groups excluding carboxylic acids is 2. The van der Waals surface area contributed by atoms with E-state index in [-0.39, 0.29) is 12.2 Å². The molecule has 150 valence electrons. The van der Waals surface area contributed by atoms with Crippen LogP contribution in [0.3, 0.4) is 0 Å². The van der Waals surface area contributed by atoms with Gasteiger partial charge in [-0.3, -0.25) is 4.79 Å². The third-order valence-electron chi connectivity index (χ3n) is 3.56. The molecule has 2 aromatic carbocycles. The number of hydrogen-bond acceptors (Lipinski definition) is 6. The van der Waals surface area contributed by atoms with E-state index in [1.54, 1.807) is 48.5 Å². The highest BCUT2D eigenvalue weighted by molar-refractivity contribution is 6.32. The van der Waals surface area contributed by atoms with Crippen LogP contribution in [0.4, 0.5) is 0 Å². The zero-order valence-corrected chi connectivity index (χ0v) is 16.4. The SMILES string of the molecule is COCCNC(=O)/C(C#N)=C/c1ccc(OC(=O)COc2ccccc2Cl)cc1. The maximum atomic E-state index is 11.9. The molecular formula is C21H19ClN2O5. The van der Waals surface area contributed by atoms with Crippen molar-refractivity contribution in [3.63, 3.8) is 0 Å². The molecule has 2 aromatic rings. The Morgan fingerprint density at radius 2 is 1.90 bits per heavy atom. The van der Waals surface area contributed by atoms with Crippen LogP contribution in [-0.2, 0) is 14.3 Å². The number of para-hydroxylation sites is 1. The summed E-state index contributed by atoms with van der Waals surface area (Å²) in [5.74, 6) is -0.391. The van der Waals surface area contributed by atoms with Gasteiger partial charge in [0, 0.05) is 13.7 Å². The Morgan fingerprint density at radius 1 is 1.17 bits per heavy atom. The van der Waals surface area contributed by atoms with Crippen LogP contribution < -0.4 is 14.8 Å². The second kappa shape index (κ2) is 11.5. The van der Waals surface area contributed by atoms with Gasteiger partial charge in [0.15, 0.2) is 6.61 Å². The summed E-state index contributed by atoms with van der Waals surface area (Å²) in [6.07, 6.45) is 1.44. The minimum Gasteiger partial charge on any atom is -0.480 e. The lowest BCUT2D eigenvalue weighted by molar-refractivity contribution is -0.136. The van der Waals surface area contributed by atoms with Crippen molar-refractivity contribution >= 4 is 29.6 Å². The Kier molecular flexibility index (Phi) is 8.70. The largest absolute Gasteiger partial charge is 0.480 e. The smallest absolute Gasteiger partial charge is 0.349 e. The number of rotatable bonds is 9. The molecule has 0 saturated heterocycles. The number of carbonyl (C=O) groups is 2. The predicted octanol–water partition coefficient (Wildman–Crippen LogP) is 2.99. The molecule has 0 aliphatic carbocycles. The van der Waals surface area contributed by atoms with Crippen LogP contribution in [0.15, 0.2) is 54.1 Å². The lowest BCUT2D eigenvalue weighted by Gasteiger charge is -2.08. The molecule has 2 rings (SSSR count). The van der Waals surface area contributed by atoms with E-state index in [1.165, 1.54) is 13.2 Å². The molecule has 0 bridgehead atoms. The number of esters is 1. The Balaban J connectivity index is 1.91. The second-order valence-corrected chi connectivity index (χ2v) is 6.09. The third-order valence-corrected chi connectivity index (χ3v) is 3.87. The third kappa shape index (κ3) is 7.30. The number of nitriles is 1. The summed E-state index contributed by atoms with van der Waals surface area (Å²) in [6.45, 7) is 0.357. The van der Waals surface area contributed by atoms with E-state index in [4.69, 9.17) is 31.1 Å². The van der Waals surface area contributed by atoms with Gasteiger partial charge in [0.2, 0.25) is 0 Å². The Morgan fingerprint density at radius 3 is 2.55 bits per heavy atom. The van der Waals surface area contributed by atoms with Crippen LogP contribution in [0.2, 0.25) is 5.02 Å². The zero-order chi connectivity index (χ0) is 21.1. The summed E-state index contributed by atoms with van der Waals surface area (Å²) in [5, 5.41) is 12.1. The molecule has 0 unspecified atom stereocenters. The van der Waals surface area contributed by atoms with Gasteiger partial charge < -0.3 is 19.5 Å². The van der Waals surface area contributed by atoms with Gasteiger partial charge in [-0.15, -0.1) is 0 Å². The lowest BCUT2D eigenvalue weighted by atomic mass is 10.1. The van der Waals surface area contributed by atoms with Crippen LogP contribution >= 0.6 is 11.6 Å². The Labute approximate surface area is 173 Å². The maximum absolute atomic E-state index is 11.9. The van der Waals surface area contributed by atoms with Gasteiger partial charge in [-0.25, -0.2) is 4.79 Å². The van der Waals surface area contributed by atoms with Crippen molar-refractivity contribution in [3.8, 4) is 17.6 Å². The van der Waals surface area contributed by atoms with Crippen molar-refractivity contribution in [2.24, 2.45) is 0 Å². The van der Waals surface area contributed by atoms with E-state index in [9.17, 15) is 9.59 Å². The highest BCUT2D eigenvalue weighted by Crippen LogP contribution is 2.23. The standard InChI is InChI=1S/C21H19ClN2O5/c1-27-11-10-24-21(26)16(13-23)12-15-6-8-17(9-7-15)29-20(25)14-28-19-5-3-2-4-18(19)22/h2-9,12H,10-11,14H2,1H3,(H,24,26)/b16-12+. The van der Waals surface area contributed by atoms with Gasteiger partial charge in [-0.2, -0.15) is 5.26 Å². The number of amides is 1. The Bertz CT molecular complexity index is 919. The average molecular weight is 415 g/mol. The van der Waals surface area contributed by atoms with Crippen molar-refractivity contribution in [3.05, 3.63) is 64.7 Å². The fraction of sp³-hybridized carbons (Fsp3) is 0.190. The maximum Gasteiger partial charge on any atom is 0.349 e. The van der Waals surface area contributed by atoms with Crippen molar-refractivity contribution in [1.82, 2.24) is 5.32 Å². The van der Waals surface area contributed by atoms with Gasteiger partial charge in [0.25, 0.3) is 5.91 Å². The van der Waals surface area contributed by atoms with Crippen molar-refractivity contribution in [2.45, 2.75) is 0 Å².